The fourth-order valence-electron chi connectivity index (χ4n) is 1.64. The molecule has 0 saturated carbocycles. The predicted octanol–water partition coefficient (Wildman–Crippen LogP) is 1.70. The molecule has 6 heteroatoms. The van der Waals surface area contributed by atoms with E-state index in [1.165, 1.54) is 0 Å². The van der Waals surface area contributed by atoms with Gasteiger partial charge in [-0.1, -0.05) is 12.1 Å². The highest BCUT2D eigenvalue weighted by atomic mass is 79.9. The minimum Gasteiger partial charge on any atom is -0.482 e. The Hall–Kier alpha value is -1.11. The van der Waals surface area contributed by atoms with Gasteiger partial charge >= 0.3 is 0 Å². The number of hydrogen-bond donors (Lipinski definition) is 2. The lowest BCUT2D eigenvalue weighted by molar-refractivity contribution is -0.123. The Morgan fingerprint density at radius 2 is 2.20 bits per heavy atom. The largest absolute Gasteiger partial charge is 0.482 e. The van der Waals surface area contributed by atoms with Gasteiger partial charge in [0.25, 0.3) is 5.91 Å². The van der Waals surface area contributed by atoms with Gasteiger partial charge in [-0.15, -0.1) is 0 Å². The van der Waals surface area contributed by atoms with Crippen molar-refractivity contribution < 1.29 is 14.3 Å². The molecule has 0 aliphatic heterocycles. The molecule has 1 rings (SSSR count). The summed E-state index contributed by atoms with van der Waals surface area (Å²) in [6.45, 7) is 4.57. The summed E-state index contributed by atoms with van der Waals surface area (Å²) < 4.78 is 11.4. The minimum absolute atomic E-state index is 0.0154. The lowest BCUT2D eigenvalue weighted by atomic mass is 10.2. The highest BCUT2D eigenvalue weighted by Crippen LogP contribution is 2.29. The maximum atomic E-state index is 11.5. The van der Waals surface area contributed by atoms with E-state index in [9.17, 15) is 4.79 Å². The van der Waals surface area contributed by atoms with Crippen molar-refractivity contribution in [2.45, 2.75) is 13.5 Å². The number of hydrogen-bond acceptors (Lipinski definition) is 4. The van der Waals surface area contributed by atoms with Crippen LogP contribution in [0, 0.1) is 0 Å². The van der Waals surface area contributed by atoms with E-state index in [1.807, 2.05) is 25.1 Å². The number of likely N-dealkylation sites (N-methyl/N-ethyl adjacent to an activating group) is 1. The van der Waals surface area contributed by atoms with Crippen LogP contribution in [0.25, 0.3) is 0 Å². The summed E-state index contributed by atoms with van der Waals surface area (Å²) in [4.78, 5) is 11.5. The third-order valence-corrected chi connectivity index (χ3v) is 3.19. The van der Waals surface area contributed by atoms with Crippen LogP contribution in [-0.2, 0) is 16.1 Å². The van der Waals surface area contributed by atoms with Gasteiger partial charge in [-0.2, -0.15) is 0 Å². The van der Waals surface area contributed by atoms with E-state index in [-0.39, 0.29) is 12.5 Å². The van der Waals surface area contributed by atoms with Crippen LogP contribution in [-0.4, -0.2) is 39.3 Å². The van der Waals surface area contributed by atoms with E-state index in [0.29, 0.717) is 25.4 Å². The first-order valence-corrected chi connectivity index (χ1v) is 7.34. The molecule has 1 amide bonds. The van der Waals surface area contributed by atoms with Crippen LogP contribution in [0.2, 0.25) is 0 Å². The van der Waals surface area contributed by atoms with Gasteiger partial charge in [-0.25, -0.2) is 0 Å². The SMILES string of the molecule is CCNC(=O)COc1c(Br)cccc1CNCCOC. The molecule has 2 N–H and O–H groups in total. The van der Waals surface area contributed by atoms with Crippen LogP contribution < -0.4 is 15.4 Å². The second-order valence-electron chi connectivity index (χ2n) is 4.14. The lowest BCUT2D eigenvalue weighted by Gasteiger charge is -2.13. The van der Waals surface area contributed by atoms with E-state index in [0.717, 1.165) is 16.6 Å². The van der Waals surface area contributed by atoms with E-state index < -0.39 is 0 Å². The van der Waals surface area contributed by atoms with Crippen LogP contribution in [0.3, 0.4) is 0 Å². The van der Waals surface area contributed by atoms with Crippen molar-refractivity contribution in [3.8, 4) is 5.75 Å². The van der Waals surface area contributed by atoms with E-state index in [1.54, 1.807) is 7.11 Å². The Balaban J connectivity index is 2.60. The number of carbonyl (C=O) groups is 1. The molecule has 112 valence electrons. The molecule has 0 atom stereocenters. The number of para-hydroxylation sites is 1. The van der Waals surface area contributed by atoms with Crippen LogP contribution >= 0.6 is 15.9 Å². The highest BCUT2D eigenvalue weighted by molar-refractivity contribution is 9.10. The average Bonchev–Trinajstić information content (AvgIpc) is 2.43. The van der Waals surface area contributed by atoms with Crippen molar-refractivity contribution in [1.82, 2.24) is 10.6 Å². The van der Waals surface area contributed by atoms with Crippen molar-refractivity contribution >= 4 is 21.8 Å². The Morgan fingerprint density at radius 3 is 2.90 bits per heavy atom. The standard InChI is InChI=1S/C14H21BrN2O3/c1-3-17-13(18)10-20-14-11(5-4-6-12(14)15)9-16-7-8-19-2/h4-6,16H,3,7-10H2,1-2H3,(H,17,18). The monoisotopic (exact) mass is 344 g/mol. The maximum Gasteiger partial charge on any atom is 0.257 e. The first kappa shape index (κ1) is 16.9. The first-order chi connectivity index (χ1) is 9.69. The summed E-state index contributed by atoms with van der Waals surface area (Å²) in [5, 5.41) is 5.96. The predicted molar refractivity (Wildman–Crippen MR) is 81.9 cm³/mol. The van der Waals surface area contributed by atoms with Gasteiger partial charge in [-0.3, -0.25) is 4.79 Å². The van der Waals surface area contributed by atoms with Crippen LogP contribution in [0.5, 0.6) is 5.75 Å². The molecule has 1 aromatic rings. The average molecular weight is 345 g/mol. The zero-order valence-electron chi connectivity index (χ0n) is 11.9. The van der Waals surface area contributed by atoms with Gasteiger partial charge in [0.1, 0.15) is 5.75 Å². The molecule has 0 bridgehead atoms. The normalized spacial score (nSPS) is 10.3. The summed E-state index contributed by atoms with van der Waals surface area (Å²) >= 11 is 3.45. The molecular formula is C14H21BrN2O3. The van der Waals surface area contributed by atoms with Gasteiger partial charge in [0.2, 0.25) is 0 Å². The molecule has 0 heterocycles. The van der Waals surface area contributed by atoms with E-state index >= 15 is 0 Å². The van der Waals surface area contributed by atoms with Crippen molar-refractivity contribution in [2.24, 2.45) is 0 Å². The van der Waals surface area contributed by atoms with Gasteiger partial charge in [-0.05, 0) is 28.9 Å². The summed E-state index contributed by atoms with van der Waals surface area (Å²) in [5.74, 6) is 0.574. The molecule has 5 nitrogen and oxygen atoms in total. The number of halogens is 1. The van der Waals surface area contributed by atoms with Crippen molar-refractivity contribution in [3.05, 3.63) is 28.2 Å². The highest BCUT2D eigenvalue weighted by Gasteiger charge is 2.10. The van der Waals surface area contributed by atoms with Crippen molar-refractivity contribution in [1.29, 1.82) is 0 Å². The Bertz CT molecular complexity index is 427. The minimum atomic E-state index is -0.124. The van der Waals surface area contributed by atoms with Crippen LogP contribution in [0.4, 0.5) is 0 Å². The molecule has 0 fully saturated rings. The second kappa shape index (κ2) is 9.74. The van der Waals surface area contributed by atoms with Gasteiger partial charge in [0, 0.05) is 32.3 Å². The van der Waals surface area contributed by atoms with Crippen LogP contribution in [0.15, 0.2) is 22.7 Å². The van der Waals surface area contributed by atoms with E-state index in [4.69, 9.17) is 9.47 Å². The lowest BCUT2D eigenvalue weighted by Crippen LogP contribution is -2.28. The molecule has 0 spiro atoms. The quantitative estimate of drug-likeness (QED) is 0.669. The third kappa shape index (κ3) is 5.90. The van der Waals surface area contributed by atoms with Crippen LogP contribution in [0.1, 0.15) is 12.5 Å². The number of carbonyl (C=O) groups excluding carboxylic acids is 1. The number of amides is 1. The molecule has 0 aromatic heterocycles. The number of rotatable bonds is 9. The topological polar surface area (TPSA) is 59.6 Å². The zero-order valence-corrected chi connectivity index (χ0v) is 13.5. The number of benzene rings is 1. The Labute approximate surface area is 128 Å². The summed E-state index contributed by atoms with van der Waals surface area (Å²) in [5.41, 5.74) is 1.000. The fourth-order valence-corrected chi connectivity index (χ4v) is 2.16. The molecule has 0 radical (unpaired) electrons. The number of nitrogens with one attached hydrogen (secondary N) is 2. The third-order valence-electron chi connectivity index (χ3n) is 2.57. The smallest absolute Gasteiger partial charge is 0.257 e. The maximum absolute atomic E-state index is 11.5. The van der Waals surface area contributed by atoms with Gasteiger partial charge < -0.3 is 20.1 Å². The van der Waals surface area contributed by atoms with E-state index in [2.05, 4.69) is 26.6 Å². The zero-order chi connectivity index (χ0) is 14.8. The van der Waals surface area contributed by atoms with Crippen molar-refractivity contribution in [3.63, 3.8) is 0 Å². The molecular weight excluding hydrogens is 324 g/mol. The number of ether oxygens (including phenoxy) is 2. The molecule has 0 aliphatic carbocycles. The van der Waals surface area contributed by atoms with Gasteiger partial charge in [0.05, 0.1) is 11.1 Å². The van der Waals surface area contributed by atoms with Crippen molar-refractivity contribution in [2.75, 3.05) is 33.4 Å². The molecule has 20 heavy (non-hydrogen) atoms. The van der Waals surface area contributed by atoms with Gasteiger partial charge in [0.15, 0.2) is 6.61 Å². The summed E-state index contributed by atoms with van der Waals surface area (Å²) in [6, 6.07) is 5.81. The summed E-state index contributed by atoms with van der Waals surface area (Å²) in [6.07, 6.45) is 0. The molecule has 0 aliphatic rings. The molecule has 0 unspecified atom stereocenters. The fraction of sp³-hybridized carbons (Fsp3) is 0.500. The first-order valence-electron chi connectivity index (χ1n) is 6.55. The Kier molecular flexibility index (Phi) is 8.25. The molecule has 0 saturated heterocycles. The molecule has 1 aromatic carbocycles. The number of methoxy groups -OCH3 is 1. The summed E-state index contributed by atoms with van der Waals surface area (Å²) in [7, 11) is 1.67. The Morgan fingerprint density at radius 1 is 1.40 bits per heavy atom. The second-order valence-corrected chi connectivity index (χ2v) is 4.99.